The SMILES string of the molecule is CC(C)(CNC(=O)OC(C)(C)C)NC(=O)C=Cc1ccc(Cl)cc1. The summed E-state index contributed by atoms with van der Waals surface area (Å²) in [5.41, 5.74) is -0.295. The highest BCUT2D eigenvalue weighted by Crippen LogP contribution is 2.11. The van der Waals surface area contributed by atoms with Gasteiger partial charge in [0.05, 0.1) is 5.54 Å². The molecule has 0 radical (unpaired) electrons. The summed E-state index contributed by atoms with van der Waals surface area (Å²) in [6.07, 6.45) is 2.63. The first-order valence-corrected chi connectivity index (χ1v) is 8.07. The van der Waals surface area contributed by atoms with Gasteiger partial charge in [0.1, 0.15) is 5.60 Å². The Bertz CT molecular complexity index is 602. The van der Waals surface area contributed by atoms with E-state index in [-0.39, 0.29) is 12.5 Å². The minimum atomic E-state index is -0.613. The molecule has 0 fully saturated rings. The molecule has 0 spiro atoms. The van der Waals surface area contributed by atoms with Gasteiger partial charge in [0.15, 0.2) is 0 Å². The van der Waals surface area contributed by atoms with Crippen molar-refractivity contribution in [3.63, 3.8) is 0 Å². The standard InChI is InChI=1S/C18H25ClN2O3/c1-17(2,3)24-16(23)20-12-18(4,5)21-15(22)11-8-13-6-9-14(19)10-7-13/h6-11H,12H2,1-5H3,(H,20,23)(H,21,22). The summed E-state index contributed by atoms with van der Waals surface area (Å²) in [5.74, 6) is -0.249. The van der Waals surface area contributed by atoms with Crippen molar-refractivity contribution < 1.29 is 14.3 Å². The van der Waals surface area contributed by atoms with E-state index in [1.54, 1.807) is 39.0 Å². The first-order chi connectivity index (χ1) is 11.0. The van der Waals surface area contributed by atoms with Gasteiger partial charge in [-0.15, -0.1) is 0 Å². The molecule has 24 heavy (non-hydrogen) atoms. The lowest BCUT2D eigenvalue weighted by Crippen LogP contribution is -2.51. The monoisotopic (exact) mass is 352 g/mol. The summed E-state index contributed by atoms with van der Waals surface area (Å²) >= 11 is 5.81. The summed E-state index contributed by atoms with van der Waals surface area (Å²) in [6.45, 7) is 9.27. The Kier molecular flexibility index (Phi) is 6.84. The number of halogens is 1. The molecule has 0 aliphatic carbocycles. The highest BCUT2D eigenvalue weighted by atomic mass is 35.5. The molecule has 0 aliphatic heterocycles. The van der Waals surface area contributed by atoms with Crippen LogP contribution in [0.5, 0.6) is 0 Å². The number of hydrogen-bond donors (Lipinski definition) is 2. The average Bonchev–Trinajstić information content (AvgIpc) is 2.42. The summed E-state index contributed by atoms with van der Waals surface area (Å²) in [6, 6.07) is 7.16. The quantitative estimate of drug-likeness (QED) is 0.792. The number of nitrogens with one attached hydrogen (secondary N) is 2. The van der Waals surface area contributed by atoms with Crippen molar-refractivity contribution in [2.24, 2.45) is 0 Å². The van der Waals surface area contributed by atoms with Gasteiger partial charge >= 0.3 is 6.09 Å². The molecule has 132 valence electrons. The van der Waals surface area contributed by atoms with Crippen molar-refractivity contribution in [1.29, 1.82) is 0 Å². The molecule has 2 N–H and O–H groups in total. The molecule has 6 heteroatoms. The van der Waals surface area contributed by atoms with Crippen LogP contribution < -0.4 is 10.6 Å². The van der Waals surface area contributed by atoms with Crippen molar-refractivity contribution in [2.45, 2.75) is 45.8 Å². The number of amides is 2. The first kappa shape index (κ1) is 20.0. The van der Waals surface area contributed by atoms with Crippen LogP contribution in [0.1, 0.15) is 40.2 Å². The Morgan fingerprint density at radius 1 is 1.12 bits per heavy atom. The topological polar surface area (TPSA) is 67.4 Å². The fraction of sp³-hybridized carbons (Fsp3) is 0.444. The molecule has 0 saturated heterocycles. The van der Waals surface area contributed by atoms with Gasteiger partial charge in [-0.3, -0.25) is 4.79 Å². The number of hydrogen-bond acceptors (Lipinski definition) is 3. The Labute approximate surface area is 148 Å². The molecule has 0 bridgehead atoms. The number of benzene rings is 1. The molecule has 2 amide bonds. The van der Waals surface area contributed by atoms with Gasteiger partial charge in [0.25, 0.3) is 0 Å². The molecule has 0 unspecified atom stereocenters. The van der Waals surface area contributed by atoms with Crippen LogP contribution in [0.15, 0.2) is 30.3 Å². The third-order valence-corrected chi connectivity index (χ3v) is 3.08. The average molecular weight is 353 g/mol. The van der Waals surface area contributed by atoms with Crippen molar-refractivity contribution in [3.8, 4) is 0 Å². The van der Waals surface area contributed by atoms with E-state index < -0.39 is 17.2 Å². The number of alkyl carbamates (subject to hydrolysis) is 1. The first-order valence-electron chi connectivity index (χ1n) is 7.69. The molecule has 1 aromatic rings. The van der Waals surface area contributed by atoms with Crippen molar-refractivity contribution in [3.05, 3.63) is 40.9 Å². The maximum absolute atomic E-state index is 12.0. The molecule has 5 nitrogen and oxygen atoms in total. The Morgan fingerprint density at radius 3 is 2.25 bits per heavy atom. The van der Waals surface area contributed by atoms with E-state index in [1.807, 2.05) is 26.0 Å². The maximum Gasteiger partial charge on any atom is 0.407 e. The van der Waals surface area contributed by atoms with Gasteiger partial charge in [0.2, 0.25) is 5.91 Å². The highest BCUT2D eigenvalue weighted by Gasteiger charge is 2.22. The molecule has 0 aliphatic rings. The zero-order chi connectivity index (χ0) is 18.4. The van der Waals surface area contributed by atoms with Crippen LogP contribution in [-0.2, 0) is 9.53 Å². The summed E-state index contributed by atoms with van der Waals surface area (Å²) in [7, 11) is 0. The molecule has 0 heterocycles. The molecule has 1 aromatic carbocycles. The number of carbonyl (C=O) groups is 2. The van der Waals surface area contributed by atoms with E-state index in [1.165, 1.54) is 6.08 Å². The third kappa shape index (κ3) is 8.58. The van der Waals surface area contributed by atoms with Gasteiger partial charge in [-0.05, 0) is 58.4 Å². The van der Waals surface area contributed by atoms with Crippen LogP contribution in [0.4, 0.5) is 4.79 Å². The fourth-order valence-electron chi connectivity index (χ4n) is 1.77. The Balaban J connectivity index is 2.49. The number of rotatable bonds is 5. The normalized spacial score (nSPS) is 12.1. The molecule has 0 atom stereocenters. The van der Waals surface area contributed by atoms with Crippen molar-refractivity contribution >= 4 is 29.7 Å². The number of carbonyl (C=O) groups excluding carboxylic acids is 2. The Morgan fingerprint density at radius 2 is 1.71 bits per heavy atom. The second kappa shape index (κ2) is 8.20. The van der Waals surface area contributed by atoms with Crippen LogP contribution in [0.2, 0.25) is 5.02 Å². The lowest BCUT2D eigenvalue weighted by atomic mass is 10.1. The lowest BCUT2D eigenvalue weighted by Gasteiger charge is -2.27. The molecule has 0 saturated carbocycles. The minimum absolute atomic E-state index is 0.249. The van der Waals surface area contributed by atoms with E-state index in [4.69, 9.17) is 16.3 Å². The largest absolute Gasteiger partial charge is 0.444 e. The van der Waals surface area contributed by atoms with Crippen LogP contribution in [0, 0.1) is 0 Å². The summed E-state index contributed by atoms with van der Waals surface area (Å²) < 4.78 is 5.17. The minimum Gasteiger partial charge on any atom is -0.444 e. The van der Waals surface area contributed by atoms with Crippen LogP contribution in [0.3, 0.4) is 0 Å². The smallest absolute Gasteiger partial charge is 0.407 e. The highest BCUT2D eigenvalue weighted by molar-refractivity contribution is 6.30. The van der Waals surface area contributed by atoms with E-state index in [2.05, 4.69) is 10.6 Å². The Hall–Kier alpha value is -2.01. The van der Waals surface area contributed by atoms with Crippen LogP contribution in [0.25, 0.3) is 6.08 Å². The van der Waals surface area contributed by atoms with Gasteiger partial charge in [-0.1, -0.05) is 23.7 Å². The zero-order valence-corrected chi connectivity index (χ0v) is 15.5. The predicted octanol–water partition coefficient (Wildman–Crippen LogP) is 3.77. The van der Waals surface area contributed by atoms with E-state index in [9.17, 15) is 9.59 Å². The van der Waals surface area contributed by atoms with Gasteiger partial charge in [-0.2, -0.15) is 0 Å². The number of ether oxygens (including phenoxy) is 1. The van der Waals surface area contributed by atoms with Gasteiger partial charge in [0, 0.05) is 17.6 Å². The zero-order valence-electron chi connectivity index (χ0n) is 14.8. The van der Waals surface area contributed by atoms with Gasteiger partial charge < -0.3 is 15.4 Å². The van der Waals surface area contributed by atoms with Crippen molar-refractivity contribution in [2.75, 3.05) is 6.54 Å². The maximum atomic E-state index is 12.0. The summed E-state index contributed by atoms with van der Waals surface area (Å²) in [4.78, 5) is 23.7. The second-order valence-electron chi connectivity index (χ2n) is 7.11. The van der Waals surface area contributed by atoms with Crippen LogP contribution in [-0.4, -0.2) is 29.7 Å². The summed E-state index contributed by atoms with van der Waals surface area (Å²) in [5, 5.41) is 6.13. The molecule has 0 aromatic heterocycles. The van der Waals surface area contributed by atoms with E-state index in [0.717, 1.165) is 5.56 Å². The molecule has 1 rings (SSSR count). The van der Waals surface area contributed by atoms with E-state index >= 15 is 0 Å². The predicted molar refractivity (Wildman–Crippen MR) is 96.9 cm³/mol. The lowest BCUT2D eigenvalue weighted by molar-refractivity contribution is -0.117. The van der Waals surface area contributed by atoms with Crippen LogP contribution >= 0.6 is 11.6 Å². The fourth-order valence-corrected chi connectivity index (χ4v) is 1.90. The van der Waals surface area contributed by atoms with E-state index in [0.29, 0.717) is 5.02 Å². The molecular formula is C18H25ClN2O3. The second-order valence-corrected chi connectivity index (χ2v) is 7.55. The third-order valence-electron chi connectivity index (χ3n) is 2.83. The van der Waals surface area contributed by atoms with Crippen molar-refractivity contribution in [1.82, 2.24) is 10.6 Å². The van der Waals surface area contributed by atoms with Gasteiger partial charge in [-0.25, -0.2) is 4.79 Å². The molecular weight excluding hydrogens is 328 g/mol.